The van der Waals surface area contributed by atoms with Gasteiger partial charge in [0.2, 0.25) is 0 Å². The predicted molar refractivity (Wildman–Crippen MR) is 55.2 cm³/mol. The Bertz CT molecular complexity index is 215. The lowest BCUT2D eigenvalue weighted by atomic mass is 9.93. The van der Waals surface area contributed by atoms with Crippen LogP contribution >= 0.6 is 0 Å². The standard InChI is InChI=1S/C10H19N3O/c1-8-7-11-5-6-13(8)10(14)12-9-3-2-4-9/h8-9,11H,2-7H2,1H3,(H,12,14)/t8-/m1/s1. The van der Waals surface area contributed by atoms with E-state index in [9.17, 15) is 4.79 Å². The molecule has 4 nitrogen and oxygen atoms in total. The fraction of sp³-hybridized carbons (Fsp3) is 0.900. The summed E-state index contributed by atoms with van der Waals surface area (Å²) in [6, 6.07) is 0.900. The molecule has 1 saturated heterocycles. The molecule has 14 heavy (non-hydrogen) atoms. The van der Waals surface area contributed by atoms with Crippen molar-refractivity contribution in [3.63, 3.8) is 0 Å². The molecule has 0 radical (unpaired) electrons. The SMILES string of the molecule is C[C@@H]1CNCCN1C(=O)NC1CCC1. The molecule has 0 aromatic carbocycles. The van der Waals surface area contributed by atoms with Crippen LogP contribution in [0.2, 0.25) is 0 Å². The molecule has 0 aromatic rings. The van der Waals surface area contributed by atoms with E-state index in [1.165, 1.54) is 6.42 Å². The van der Waals surface area contributed by atoms with Crippen LogP contribution in [-0.4, -0.2) is 42.6 Å². The van der Waals surface area contributed by atoms with Gasteiger partial charge in [0.1, 0.15) is 0 Å². The molecule has 2 rings (SSSR count). The summed E-state index contributed by atoms with van der Waals surface area (Å²) in [4.78, 5) is 13.7. The maximum absolute atomic E-state index is 11.8. The number of carbonyl (C=O) groups is 1. The molecule has 1 aliphatic carbocycles. The molecule has 2 aliphatic rings. The van der Waals surface area contributed by atoms with Gasteiger partial charge >= 0.3 is 6.03 Å². The van der Waals surface area contributed by atoms with E-state index in [0.717, 1.165) is 32.5 Å². The summed E-state index contributed by atoms with van der Waals surface area (Å²) >= 11 is 0. The van der Waals surface area contributed by atoms with E-state index < -0.39 is 0 Å². The minimum absolute atomic E-state index is 0.128. The molecule has 0 unspecified atom stereocenters. The van der Waals surface area contributed by atoms with E-state index >= 15 is 0 Å². The zero-order valence-corrected chi connectivity index (χ0v) is 8.75. The quantitative estimate of drug-likeness (QED) is 0.644. The van der Waals surface area contributed by atoms with E-state index in [4.69, 9.17) is 0 Å². The molecule has 1 aliphatic heterocycles. The monoisotopic (exact) mass is 197 g/mol. The summed E-state index contributed by atoms with van der Waals surface area (Å²) in [5.74, 6) is 0. The van der Waals surface area contributed by atoms with Crippen LogP contribution in [0.1, 0.15) is 26.2 Å². The first-order valence-corrected chi connectivity index (χ1v) is 5.55. The van der Waals surface area contributed by atoms with E-state index in [1.54, 1.807) is 0 Å². The summed E-state index contributed by atoms with van der Waals surface area (Å²) in [5.41, 5.74) is 0. The Hall–Kier alpha value is -0.770. The van der Waals surface area contributed by atoms with Gasteiger partial charge in [-0.05, 0) is 26.2 Å². The Labute approximate surface area is 85.0 Å². The Morgan fingerprint density at radius 1 is 1.50 bits per heavy atom. The van der Waals surface area contributed by atoms with Crippen molar-refractivity contribution < 1.29 is 4.79 Å². The predicted octanol–water partition coefficient (Wildman–Crippen LogP) is 0.542. The van der Waals surface area contributed by atoms with Gasteiger partial charge in [-0.2, -0.15) is 0 Å². The molecule has 0 spiro atoms. The van der Waals surface area contributed by atoms with Gasteiger partial charge in [-0.3, -0.25) is 0 Å². The summed E-state index contributed by atoms with van der Waals surface area (Å²) in [6.45, 7) is 4.76. The highest BCUT2D eigenvalue weighted by molar-refractivity contribution is 5.75. The third kappa shape index (κ3) is 2.00. The summed E-state index contributed by atoms with van der Waals surface area (Å²) in [7, 11) is 0. The van der Waals surface area contributed by atoms with Crippen LogP contribution in [0.5, 0.6) is 0 Å². The first-order chi connectivity index (χ1) is 6.77. The molecule has 2 N–H and O–H groups in total. The Balaban J connectivity index is 1.82. The van der Waals surface area contributed by atoms with Crippen molar-refractivity contribution >= 4 is 6.03 Å². The van der Waals surface area contributed by atoms with E-state index in [1.807, 2.05) is 4.90 Å². The Kier molecular flexibility index (Phi) is 2.91. The van der Waals surface area contributed by atoms with Crippen molar-refractivity contribution in [2.45, 2.75) is 38.3 Å². The molecule has 1 atom stereocenters. The molecule has 4 heteroatoms. The highest BCUT2D eigenvalue weighted by atomic mass is 16.2. The number of urea groups is 1. The topological polar surface area (TPSA) is 44.4 Å². The highest BCUT2D eigenvalue weighted by Crippen LogP contribution is 2.18. The smallest absolute Gasteiger partial charge is 0.317 e. The maximum Gasteiger partial charge on any atom is 0.317 e. The van der Waals surface area contributed by atoms with Crippen molar-refractivity contribution in [3.8, 4) is 0 Å². The van der Waals surface area contributed by atoms with Crippen LogP contribution < -0.4 is 10.6 Å². The van der Waals surface area contributed by atoms with Gasteiger partial charge < -0.3 is 15.5 Å². The van der Waals surface area contributed by atoms with Crippen molar-refractivity contribution in [2.75, 3.05) is 19.6 Å². The molecule has 0 aromatic heterocycles. The van der Waals surface area contributed by atoms with E-state index in [-0.39, 0.29) is 6.03 Å². The van der Waals surface area contributed by atoms with Gasteiger partial charge in [0, 0.05) is 31.7 Å². The number of amides is 2. The molecule has 80 valence electrons. The first kappa shape index (κ1) is 9.77. The average molecular weight is 197 g/mol. The lowest BCUT2D eigenvalue weighted by Gasteiger charge is -2.36. The molecular formula is C10H19N3O. The highest BCUT2D eigenvalue weighted by Gasteiger charge is 2.26. The number of hydrogen-bond donors (Lipinski definition) is 2. The second-order valence-corrected chi connectivity index (χ2v) is 4.32. The van der Waals surface area contributed by atoms with E-state index in [0.29, 0.717) is 12.1 Å². The molecule has 1 heterocycles. The average Bonchev–Trinajstić information content (AvgIpc) is 2.12. The Morgan fingerprint density at radius 2 is 2.29 bits per heavy atom. The van der Waals surface area contributed by atoms with E-state index in [2.05, 4.69) is 17.6 Å². The summed E-state index contributed by atoms with van der Waals surface area (Å²) < 4.78 is 0. The number of carbonyl (C=O) groups excluding carboxylic acids is 1. The fourth-order valence-corrected chi connectivity index (χ4v) is 1.95. The third-order valence-electron chi connectivity index (χ3n) is 3.19. The van der Waals surface area contributed by atoms with Gasteiger partial charge in [0.25, 0.3) is 0 Å². The second kappa shape index (κ2) is 4.17. The van der Waals surface area contributed by atoms with Crippen LogP contribution in [0.15, 0.2) is 0 Å². The normalized spacial score (nSPS) is 28.4. The minimum atomic E-state index is 0.128. The van der Waals surface area contributed by atoms with Crippen LogP contribution in [0, 0.1) is 0 Å². The summed E-state index contributed by atoms with van der Waals surface area (Å²) in [6.07, 6.45) is 3.58. The number of piperazine rings is 1. The number of hydrogen-bond acceptors (Lipinski definition) is 2. The van der Waals surface area contributed by atoms with Crippen molar-refractivity contribution in [2.24, 2.45) is 0 Å². The number of rotatable bonds is 1. The van der Waals surface area contributed by atoms with Gasteiger partial charge in [-0.15, -0.1) is 0 Å². The van der Waals surface area contributed by atoms with Crippen molar-refractivity contribution in [1.82, 2.24) is 15.5 Å². The second-order valence-electron chi connectivity index (χ2n) is 4.32. The largest absolute Gasteiger partial charge is 0.335 e. The zero-order valence-electron chi connectivity index (χ0n) is 8.75. The molecule has 1 saturated carbocycles. The lowest BCUT2D eigenvalue weighted by Crippen LogP contribution is -2.57. The van der Waals surface area contributed by atoms with Crippen LogP contribution in [0.4, 0.5) is 4.79 Å². The zero-order chi connectivity index (χ0) is 9.97. The van der Waals surface area contributed by atoms with Gasteiger partial charge in [-0.25, -0.2) is 4.79 Å². The fourth-order valence-electron chi connectivity index (χ4n) is 1.95. The molecule has 2 amide bonds. The number of nitrogens with one attached hydrogen (secondary N) is 2. The first-order valence-electron chi connectivity index (χ1n) is 5.55. The van der Waals surface area contributed by atoms with Crippen LogP contribution in [0.3, 0.4) is 0 Å². The third-order valence-corrected chi connectivity index (χ3v) is 3.19. The molecule has 0 bridgehead atoms. The van der Waals surface area contributed by atoms with Crippen molar-refractivity contribution in [3.05, 3.63) is 0 Å². The summed E-state index contributed by atoms with van der Waals surface area (Å²) in [5, 5.41) is 6.35. The van der Waals surface area contributed by atoms with Crippen molar-refractivity contribution in [1.29, 1.82) is 0 Å². The van der Waals surface area contributed by atoms with Gasteiger partial charge in [-0.1, -0.05) is 0 Å². The van der Waals surface area contributed by atoms with Gasteiger partial charge in [0.05, 0.1) is 0 Å². The Morgan fingerprint density at radius 3 is 2.86 bits per heavy atom. The lowest BCUT2D eigenvalue weighted by molar-refractivity contribution is 0.155. The van der Waals surface area contributed by atoms with Gasteiger partial charge in [0.15, 0.2) is 0 Å². The maximum atomic E-state index is 11.8. The van der Waals surface area contributed by atoms with Crippen LogP contribution in [0.25, 0.3) is 0 Å². The minimum Gasteiger partial charge on any atom is -0.335 e. The molecule has 2 fully saturated rings. The number of nitrogens with zero attached hydrogens (tertiary/aromatic N) is 1. The van der Waals surface area contributed by atoms with Crippen LogP contribution in [-0.2, 0) is 0 Å². The molecular weight excluding hydrogens is 178 g/mol.